The molecule has 0 amide bonds. The summed E-state index contributed by atoms with van der Waals surface area (Å²) < 4.78 is 15.4. The van der Waals surface area contributed by atoms with E-state index in [-0.39, 0.29) is 11.1 Å². The highest BCUT2D eigenvalue weighted by atomic mass is 19.1. The van der Waals surface area contributed by atoms with Gasteiger partial charge < -0.3 is 15.4 Å². The quantitative estimate of drug-likeness (QED) is 0.574. The van der Waals surface area contributed by atoms with Gasteiger partial charge >= 0.3 is 5.97 Å². The predicted molar refractivity (Wildman–Crippen MR) is 73.4 cm³/mol. The predicted octanol–water partition coefficient (Wildman–Crippen LogP) is -0.301. The highest BCUT2D eigenvalue weighted by Gasteiger charge is 2.18. The molecule has 0 spiro atoms. The molecule has 19 heavy (non-hydrogen) atoms. The van der Waals surface area contributed by atoms with Crippen LogP contribution in [-0.4, -0.2) is 23.5 Å². The van der Waals surface area contributed by atoms with Crippen LogP contribution >= 0.6 is 0 Å². The molecule has 7 heteroatoms. The van der Waals surface area contributed by atoms with E-state index in [2.05, 4.69) is 0 Å². The summed E-state index contributed by atoms with van der Waals surface area (Å²) in [4.78, 5) is 23.1. The zero-order valence-corrected chi connectivity index (χ0v) is 10.5. The standard InChI is InChI=1S/C12H12BFN2O3/c1-2-16-4-5(12(18)19)11(17)8-7(16)3-6(13)9(14)10(8)15/h3-4H,2,13,15H2,1H3,(H,18,19). The van der Waals surface area contributed by atoms with E-state index in [0.29, 0.717) is 17.5 Å². The van der Waals surface area contributed by atoms with Gasteiger partial charge in [-0.3, -0.25) is 4.79 Å². The van der Waals surface area contributed by atoms with Crippen molar-refractivity contribution in [3.05, 3.63) is 33.9 Å². The van der Waals surface area contributed by atoms with Crippen LogP contribution in [0.25, 0.3) is 10.9 Å². The number of nitrogens with two attached hydrogens (primary N) is 1. The molecule has 0 saturated heterocycles. The number of hydrogen-bond acceptors (Lipinski definition) is 3. The number of aryl methyl sites for hydroxylation is 1. The number of aromatic carboxylic acids is 1. The van der Waals surface area contributed by atoms with Gasteiger partial charge in [-0.05, 0) is 18.5 Å². The molecule has 1 heterocycles. The number of benzene rings is 1. The van der Waals surface area contributed by atoms with Crippen molar-refractivity contribution in [1.82, 2.24) is 4.57 Å². The third kappa shape index (κ3) is 1.87. The lowest BCUT2D eigenvalue weighted by molar-refractivity contribution is 0.0695. The van der Waals surface area contributed by atoms with Gasteiger partial charge in [0, 0.05) is 12.7 Å². The van der Waals surface area contributed by atoms with Crippen molar-refractivity contribution in [2.24, 2.45) is 0 Å². The molecule has 0 aliphatic heterocycles. The number of hydrogen-bond donors (Lipinski definition) is 2. The van der Waals surface area contributed by atoms with Crippen LogP contribution in [0.1, 0.15) is 17.3 Å². The molecule has 98 valence electrons. The number of halogens is 1. The lowest BCUT2D eigenvalue weighted by atomic mass is 9.92. The molecule has 1 aromatic carbocycles. The Bertz CT molecular complexity index is 755. The first kappa shape index (κ1) is 13.1. The van der Waals surface area contributed by atoms with E-state index in [1.807, 2.05) is 0 Å². The minimum Gasteiger partial charge on any atom is -0.477 e. The summed E-state index contributed by atoms with van der Waals surface area (Å²) in [5.74, 6) is -2.04. The molecule has 5 nitrogen and oxygen atoms in total. The fourth-order valence-corrected chi connectivity index (χ4v) is 2.10. The topological polar surface area (TPSA) is 85.3 Å². The zero-order chi connectivity index (χ0) is 14.3. The van der Waals surface area contributed by atoms with Crippen LogP contribution in [0.5, 0.6) is 0 Å². The summed E-state index contributed by atoms with van der Waals surface area (Å²) in [5.41, 5.74) is 4.91. The van der Waals surface area contributed by atoms with Gasteiger partial charge in [0.15, 0.2) is 0 Å². The van der Waals surface area contributed by atoms with Gasteiger partial charge in [0.1, 0.15) is 19.2 Å². The summed E-state index contributed by atoms with van der Waals surface area (Å²) in [7, 11) is 1.54. The largest absolute Gasteiger partial charge is 0.477 e. The summed E-state index contributed by atoms with van der Waals surface area (Å²) in [5, 5.41) is 8.93. The van der Waals surface area contributed by atoms with Gasteiger partial charge in [-0.25, -0.2) is 9.18 Å². The average molecular weight is 262 g/mol. The van der Waals surface area contributed by atoms with Gasteiger partial charge in [-0.2, -0.15) is 0 Å². The molecule has 0 radical (unpaired) electrons. The smallest absolute Gasteiger partial charge is 0.341 e. The molecule has 2 rings (SSSR count). The Labute approximate surface area is 108 Å². The second-order valence-corrected chi connectivity index (χ2v) is 4.28. The van der Waals surface area contributed by atoms with Gasteiger partial charge in [0.2, 0.25) is 5.43 Å². The summed E-state index contributed by atoms with van der Waals surface area (Å²) in [6, 6.07) is 1.50. The Balaban J connectivity index is 3.09. The number of fused-ring (bicyclic) bond motifs is 1. The number of carboxylic acid groups (broad SMARTS) is 1. The van der Waals surface area contributed by atoms with Gasteiger partial charge in [-0.15, -0.1) is 0 Å². The van der Waals surface area contributed by atoms with E-state index in [4.69, 9.17) is 10.8 Å². The number of anilines is 1. The number of carbonyl (C=O) groups is 1. The molecule has 3 N–H and O–H groups in total. The summed E-state index contributed by atoms with van der Waals surface area (Å²) >= 11 is 0. The van der Waals surface area contributed by atoms with E-state index < -0.39 is 22.8 Å². The fourth-order valence-electron chi connectivity index (χ4n) is 2.10. The van der Waals surface area contributed by atoms with E-state index in [1.165, 1.54) is 12.3 Å². The van der Waals surface area contributed by atoms with Crippen LogP contribution in [0.3, 0.4) is 0 Å². The third-order valence-corrected chi connectivity index (χ3v) is 3.10. The van der Waals surface area contributed by atoms with Crippen LogP contribution in [-0.2, 0) is 6.54 Å². The molecule has 0 atom stereocenters. The molecule has 0 fully saturated rings. The minimum absolute atomic E-state index is 0.0788. The van der Waals surface area contributed by atoms with Crippen LogP contribution < -0.4 is 16.6 Å². The van der Waals surface area contributed by atoms with Gasteiger partial charge in [0.25, 0.3) is 0 Å². The number of aromatic nitrogens is 1. The van der Waals surface area contributed by atoms with E-state index >= 15 is 0 Å². The SMILES string of the molecule is Bc1cc2c(c(N)c1F)c(=O)c(C(=O)O)cn2CC. The van der Waals surface area contributed by atoms with Crippen molar-refractivity contribution in [2.45, 2.75) is 13.5 Å². The monoisotopic (exact) mass is 262 g/mol. The van der Waals surface area contributed by atoms with Crippen molar-refractivity contribution in [2.75, 3.05) is 5.73 Å². The fraction of sp³-hybridized carbons (Fsp3) is 0.167. The first-order valence-corrected chi connectivity index (χ1v) is 5.73. The lowest BCUT2D eigenvalue weighted by Crippen LogP contribution is -2.23. The first-order valence-electron chi connectivity index (χ1n) is 5.73. The van der Waals surface area contributed by atoms with Crippen molar-refractivity contribution in [3.8, 4) is 0 Å². The molecule has 1 aromatic heterocycles. The number of nitrogen functional groups attached to an aromatic ring is 1. The molecule has 0 saturated carbocycles. The zero-order valence-electron chi connectivity index (χ0n) is 10.5. The van der Waals surface area contributed by atoms with E-state index in [1.54, 1.807) is 19.3 Å². The molecule has 2 aromatic rings. The summed E-state index contributed by atoms with van der Waals surface area (Å²) in [6.45, 7) is 2.24. The Morgan fingerprint density at radius 3 is 2.74 bits per heavy atom. The van der Waals surface area contributed by atoms with Gasteiger partial charge in [0.05, 0.1) is 16.6 Å². The van der Waals surface area contributed by atoms with Crippen molar-refractivity contribution >= 4 is 35.9 Å². The molecule has 0 aliphatic rings. The van der Waals surface area contributed by atoms with Crippen molar-refractivity contribution in [1.29, 1.82) is 0 Å². The highest BCUT2D eigenvalue weighted by molar-refractivity contribution is 6.34. The van der Waals surface area contributed by atoms with Gasteiger partial charge in [-0.1, -0.05) is 0 Å². The number of rotatable bonds is 2. The average Bonchev–Trinajstić information content (AvgIpc) is 2.35. The summed E-state index contributed by atoms with van der Waals surface area (Å²) in [6.07, 6.45) is 1.25. The molecule has 0 bridgehead atoms. The van der Waals surface area contributed by atoms with Crippen LogP contribution in [0.15, 0.2) is 17.1 Å². The molecule has 0 aliphatic carbocycles. The Morgan fingerprint density at radius 1 is 1.58 bits per heavy atom. The maximum Gasteiger partial charge on any atom is 0.341 e. The maximum atomic E-state index is 13.8. The highest BCUT2D eigenvalue weighted by Crippen LogP contribution is 2.20. The maximum absolute atomic E-state index is 13.8. The minimum atomic E-state index is -1.35. The number of carboxylic acids is 1. The second kappa shape index (κ2) is 4.42. The third-order valence-electron chi connectivity index (χ3n) is 3.10. The van der Waals surface area contributed by atoms with Crippen LogP contribution in [0, 0.1) is 5.82 Å². The number of pyridine rings is 1. The molecule has 0 unspecified atom stereocenters. The van der Waals surface area contributed by atoms with Crippen molar-refractivity contribution < 1.29 is 14.3 Å². The van der Waals surface area contributed by atoms with Crippen LogP contribution in [0.4, 0.5) is 10.1 Å². The Kier molecular flexibility index (Phi) is 3.05. The van der Waals surface area contributed by atoms with E-state index in [0.717, 1.165) is 0 Å². The van der Waals surface area contributed by atoms with E-state index in [9.17, 15) is 14.0 Å². The Hall–Kier alpha value is -2.31. The normalized spacial score (nSPS) is 10.8. The lowest BCUT2D eigenvalue weighted by Gasteiger charge is -2.13. The molecular weight excluding hydrogens is 250 g/mol. The van der Waals surface area contributed by atoms with Crippen molar-refractivity contribution in [3.63, 3.8) is 0 Å². The second-order valence-electron chi connectivity index (χ2n) is 4.28. The number of nitrogens with zero attached hydrogens (tertiary/aromatic N) is 1. The first-order chi connectivity index (χ1) is 8.88. The molecular formula is C12H12BFN2O3. The van der Waals surface area contributed by atoms with Crippen LogP contribution in [0.2, 0.25) is 0 Å². The Morgan fingerprint density at radius 2 is 2.21 bits per heavy atom.